The predicted octanol–water partition coefficient (Wildman–Crippen LogP) is 3.43. The van der Waals surface area contributed by atoms with Crippen molar-refractivity contribution in [3.8, 4) is 0 Å². The number of aryl methyl sites for hydroxylation is 1. The van der Waals surface area contributed by atoms with E-state index in [0.29, 0.717) is 27.5 Å². The van der Waals surface area contributed by atoms with Crippen molar-refractivity contribution in [2.24, 2.45) is 7.05 Å². The van der Waals surface area contributed by atoms with Crippen molar-refractivity contribution in [1.82, 2.24) is 19.7 Å². The number of rotatable bonds is 3. The van der Waals surface area contributed by atoms with Crippen LogP contribution < -0.4 is 11.1 Å². The Morgan fingerprint density at radius 2 is 2.05 bits per heavy atom. The van der Waals surface area contributed by atoms with Gasteiger partial charge in [0.25, 0.3) is 0 Å². The first kappa shape index (κ1) is 14.9. The Balaban J connectivity index is 1.93. The van der Waals surface area contributed by atoms with Gasteiger partial charge in [-0.1, -0.05) is 29.3 Å². The van der Waals surface area contributed by atoms with Gasteiger partial charge in [-0.3, -0.25) is 4.68 Å². The van der Waals surface area contributed by atoms with Crippen LogP contribution in [0.3, 0.4) is 0 Å². The standard InChI is InChI=1S/C14H14Cl2N6/c1-7(9-4-3-8(15)5-11(9)16)19-14-20-12(17)10-6-18-22(2)13(10)21-14/h3-7H,1-2H3,(H3,17,19,20,21). The summed E-state index contributed by atoms with van der Waals surface area (Å²) in [7, 11) is 1.80. The van der Waals surface area contributed by atoms with Crippen molar-refractivity contribution in [3.63, 3.8) is 0 Å². The van der Waals surface area contributed by atoms with Crippen LogP contribution in [0.1, 0.15) is 18.5 Å². The van der Waals surface area contributed by atoms with Crippen LogP contribution in [-0.4, -0.2) is 19.7 Å². The van der Waals surface area contributed by atoms with E-state index in [0.717, 1.165) is 10.9 Å². The number of nitrogens with one attached hydrogen (secondary N) is 1. The van der Waals surface area contributed by atoms with Crippen LogP contribution in [0.25, 0.3) is 11.0 Å². The van der Waals surface area contributed by atoms with Crippen molar-refractivity contribution < 1.29 is 0 Å². The Morgan fingerprint density at radius 1 is 1.27 bits per heavy atom. The smallest absolute Gasteiger partial charge is 0.227 e. The van der Waals surface area contributed by atoms with Gasteiger partial charge in [0.05, 0.1) is 17.6 Å². The van der Waals surface area contributed by atoms with Crippen LogP contribution in [0, 0.1) is 0 Å². The lowest BCUT2D eigenvalue weighted by Gasteiger charge is -2.16. The molecule has 2 aromatic heterocycles. The molecule has 0 amide bonds. The summed E-state index contributed by atoms with van der Waals surface area (Å²) in [6.07, 6.45) is 1.65. The fourth-order valence-corrected chi connectivity index (χ4v) is 2.80. The predicted molar refractivity (Wildman–Crippen MR) is 89.2 cm³/mol. The van der Waals surface area contributed by atoms with E-state index in [4.69, 9.17) is 28.9 Å². The minimum absolute atomic E-state index is 0.102. The Morgan fingerprint density at radius 3 is 2.77 bits per heavy atom. The highest BCUT2D eigenvalue weighted by molar-refractivity contribution is 6.35. The second-order valence-electron chi connectivity index (χ2n) is 4.97. The van der Waals surface area contributed by atoms with Crippen molar-refractivity contribution in [2.45, 2.75) is 13.0 Å². The van der Waals surface area contributed by atoms with E-state index in [1.807, 2.05) is 13.0 Å². The maximum absolute atomic E-state index is 6.22. The molecular formula is C14H14Cl2N6. The molecule has 0 spiro atoms. The molecule has 0 bridgehead atoms. The van der Waals surface area contributed by atoms with Crippen molar-refractivity contribution in [1.29, 1.82) is 0 Å². The molecule has 3 rings (SSSR count). The lowest BCUT2D eigenvalue weighted by molar-refractivity contribution is 0.783. The average Bonchev–Trinajstić information content (AvgIpc) is 2.81. The fraction of sp³-hybridized carbons (Fsp3) is 0.214. The van der Waals surface area contributed by atoms with Gasteiger partial charge in [0.15, 0.2) is 5.65 Å². The summed E-state index contributed by atoms with van der Waals surface area (Å²) in [4.78, 5) is 8.70. The number of aromatic nitrogens is 4. The first-order chi connectivity index (χ1) is 10.5. The highest BCUT2D eigenvalue weighted by Gasteiger charge is 2.14. The molecule has 1 atom stereocenters. The number of benzene rings is 1. The number of hydrogen-bond donors (Lipinski definition) is 2. The first-order valence-corrected chi connectivity index (χ1v) is 7.38. The SMILES string of the molecule is CC(Nc1nc(N)c2cnn(C)c2n1)c1ccc(Cl)cc1Cl. The summed E-state index contributed by atoms with van der Waals surface area (Å²) in [5.41, 5.74) is 7.52. The van der Waals surface area contributed by atoms with Gasteiger partial charge in [-0.05, 0) is 24.6 Å². The number of anilines is 2. The topological polar surface area (TPSA) is 81.6 Å². The molecule has 1 aromatic carbocycles. The second kappa shape index (κ2) is 5.62. The van der Waals surface area contributed by atoms with Gasteiger partial charge < -0.3 is 11.1 Å². The molecule has 3 aromatic rings. The zero-order chi connectivity index (χ0) is 15.9. The molecule has 2 heterocycles. The van der Waals surface area contributed by atoms with Gasteiger partial charge in [-0.15, -0.1) is 0 Å². The second-order valence-corrected chi connectivity index (χ2v) is 5.81. The van der Waals surface area contributed by atoms with Crippen molar-refractivity contribution >= 4 is 46.0 Å². The number of nitrogens with zero attached hydrogens (tertiary/aromatic N) is 4. The number of halogens is 2. The zero-order valence-electron chi connectivity index (χ0n) is 12.0. The average molecular weight is 337 g/mol. The van der Waals surface area contributed by atoms with Crippen LogP contribution in [-0.2, 0) is 7.05 Å². The summed E-state index contributed by atoms with van der Waals surface area (Å²) in [5.74, 6) is 0.808. The fourth-order valence-electron chi connectivity index (χ4n) is 2.23. The van der Waals surface area contributed by atoms with Gasteiger partial charge in [0, 0.05) is 17.1 Å². The normalized spacial score (nSPS) is 12.5. The third kappa shape index (κ3) is 2.67. The molecule has 6 nitrogen and oxygen atoms in total. The third-order valence-electron chi connectivity index (χ3n) is 3.40. The largest absolute Gasteiger partial charge is 0.383 e. The molecule has 3 N–H and O–H groups in total. The van der Waals surface area contributed by atoms with Crippen LogP contribution >= 0.6 is 23.2 Å². The van der Waals surface area contributed by atoms with Crippen molar-refractivity contribution in [2.75, 3.05) is 11.1 Å². The van der Waals surface area contributed by atoms with E-state index >= 15 is 0 Å². The van der Waals surface area contributed by atoms with Crippen molar-refractivity contribution in [3.05, 3.63) is 40.0 Å². The van der Waals surface area contributed by atoms with Gasteiger partial charge in [-0.2, -0.15) is 15.1 Å². The summed E-state index contributed by atoms with van der Waals surface area (Å²) in [6, 6.07) is 5.26. The Bertz CT molecular complexity index is 845. The van der Waals surface area contributed by atoms with E-state index in [1.165, 1.54) is 0 Å². The molecule has 0 saturated carbocycles. The quantitative estimate of drug-likeness (QED) is 0.765. The molecule has 114 valence electrons. The first-order valence-electron chi connectivity index (χ1n) is 6.62. The molecule has 22 heavy (non-hydrogen) atoms. The van der Waals surface area contributed by atoms with Gasteiger partial charge >= 0.3 is 0 Å². The summed E-state index contributed by atoms with van der Waals surface area (Å²) in [6.45, 7) is 1.96. The number of nitrogen functional groups attached to an aromatic ring is 1. The molecule has 0 radical (unpaired) electrons. The molecule has 0 aliphatic rings. The minimum Gasteiger partial charge on any atom is -0.383 e. The van der Waals surface area contributed by atoms with Gasteiger partial charge in [0.2, 0.25) is 5.95 Å². The molecule has 0 aliphatic carbocycles. The van der Waals surface area contributed by atoms with Crippen LogP contribution in [0.5, 0.6) is 0 Å². The van der Waals surface area contributed by atoms with E-state index in [9.17, 15) is 0 Å². The highest BCUT2D eigenvalue weighted by atomic mass is 35.5. The molecular weight excluding hydrogens is 323 g/mol. The summed E-state index contributed by atoms with van der Waals surface area (Å²) >= 11 is 12.1. The van der Waals surface area contributed by atoms with Crippen LogP contribution in [0.4, 0.5) is 11.8 Å². The maximum Gasteiger partial charge on any atom is 0.227 e. The van der Waals surface area contributed by atoms with E-state index < -0.39 is 0 Å². The molecule has 0 saturated heterocycles. The lowest BCUT2D eigenvalue weighted by Crippen LogP contribution is -2.11. The maximum atomic E-state index is 6.22. The lowest BCUT2D eigenvalue weighted by atomic mass is 10.1. The zero-order valence-corrected chi connectivity index (χ0v) is 13.5. The Hall–Kier alpha value is -2.05. The molecule has 8 heteroatoms. The minimum atomic E-state index is -0.102. The number of nitrogens with two attached hydrogens (primary N) is 1. The highest BCUT2D eigenvalue weighted by Crippen LogP contribution is 2.28. The van der Waals surface area contributed by atoms with E-state index in [1.54, 1.807) is 30.1 Å². The van der Waals surface area contributed by atoms with E-state index in [-0.39, 0.29) is 6.04 Å². The van der Waals surface area contributed by atoms with Crippen LogP contribution in [0.2, 0.25) is 10.0 Å². The van der Waals surface area contributed by atoms with Gasteiger partial charge in [0.1, 0.15) is 5.82 Å². The van der Waals surface area contributed by atoms with Gasteiger partial charge in [-0.25, -0.2) is 0 Å². The Labute approximate surface area is 137 Å². The molecule has 0 fully saturated rings. The Kier molecular flexibility index (Phi) is 3.80. The monoisotopic (exact) mass is 336 g/mol. The van der Waals surface area contributed by atoms with Crippen LogP contribution in [0.15, 0.2) is 24.4 Å². The third-order valence-corrected chi connectivity index (χ3v) is 3.96. The summed E-state index contributed by atoms with van der Waals surface area (Å²) in [5, 5.41) is 9.23. The van der Waals surface area contributed by atoms with E-state index in [2.05, 4.69) is 20.4 Å². The molecule has 1 unspecified atom stereocenters. The number of fused-ring (bicyclic) bond motifs is 1. The molecule has 0 aliphatic heterocycles. The number of hydrogen-bond acceptors (Lipinski definition) is 5. The summed E-state index contributed by atoms with van der Waals surface area (Å²) < 4.78 is 1.65.